The second kappa shape index (κ2) is 6.92. The number of nitrogens with zero attached hydrogens (tertiary/aromatic N) is 2. The molecule has 0 atom stereocenters. The number of benzene rings is 3. The summed E-state index contributed by atoms with van der Waals surface area (Å²) in [5, 5.41) is 0.0834. The predicted octanol–water partition coefficient (Wildman–Crippen LogP) is 1.52. The molecule has 0 aliphatic carbocycles. The van der Waals surface area contributed by atoms with E-state index in [2.05, 4.69) is 0 Å². The largest absolute Gasteiger partial charge is 0.298 e. The molecule has 5 rings (SSSR count). The fourth-order valence-electron chi connectivity index (χ4n) is 3.85. The van der Waals surface area contributed by atoms with Crippen LogP contribution in [0.3, 0.4) is 0 Å². The minimum absolute atomic E-state index is 0.0208. The molecule has 0 unspecified atom stereocenters. The Balaban J connectivity index is 1.78. The number of carbonyl (C=O) groups is 2. The van der Waals surface area contributed by atoms with Gasteiger partial charge in [-0.3, -0.25) is 28.8 Å². The molecule has 2 heterocycles. The topological polar surface area (TPSA) is 112 Å². The third-order valence-corrected chi connectivity index (χ3v) is 5.47. The Hall–Kier alpha value is -4.72. The molecule has 0 N–H and O–H groups in total. The summed E-state index contributed by atoms with van der Waals surface area (Å²) in [7, 11) is 0. The Labute approximate surface area is 177 Å². The zero-order chi connectivity index (χ0) is 22.6. The van der Waals surface area contributed by atoms with Crippen LogP contribution in [-0.2, 0) is 0 Å². The Kier molecular flexibility index (Phi) is 4.16. The van der Waals surface area contributed by atoms with Gasteiger partial charge in [-0.2, -0.15) is 0 Å². The Morgan fingerprint density at radius 1 is 0.469 bits per heavy atom. The van der Waals surface area contributed by atoms with Crippen LogP contribution < -0.4 is 22.2 Å². The van der Waals surface area contributed by atoms with Crippen LogP contribution in [0.15, 0.2) is 79.8 Å². The minimum atomic E-state index is -0.624. The SMILES string of the molecule is O=Cc1ccc(-n2c(=O)c3cc4c(=O)n(-c5ccc(C=O)cc5)c(=O)c4cc3c2=O)cc1. The second-order valence-electron chi connectivity index (χ2n) is 7.25. The highest BCUT2D eigenvalue weighted by molar-refractivity contribution is 5.98. The molecule has 154 valence electrons. The minimum Gasteiger partial charge on any atom is -0.298 e. The number of hydrogen-bond donors (Lipinski definition) is 0. The highest BCUT2D eigenvalue weighted by atomic mass is 16.2. The van der Waals surface area contributed by atoms with Gasteiger partial charge in [-0.05, 0) is 60.7 Å². The van der Waals surface area contributed by atoms with Gasteiger partial charge < -0.3 is 0 Å². The van der Waals surface area contributed by atoms with E-state index in [1.54, 1.807) is 0 Å². The summed E-state index contributed by atoms with van der Waals surface area (Å²) >= 11 is 0. The summed E-state index contributed by atoms with van der Waals surface area (Å²) in [5.41, 5.74) is -1.17. The van der Waals surface area contributed by atoms with E-state index in [1.165, 1.54) is 60.7 Å². The molecule has 0 saturated carbocycles. The first kappa shape index (κ1) is 19.3. The number of carbonyl (C=O) groups excluding carboxylic acids is 2. The van der Waals surface area contributed by atoms with Crippen LogP contribution in [0.2, 0.25) is 0 Å². The summed E-state index contributed by atoms with van der Waals surface area (Å²) in [5.74, 6) is 0. The summed E-state index contributed by atoms with van der Waals surface area (Å²) in [4.78, 5) is 73.6. The first-order valence-corrected chi connectivity index (χ1v) is 9.50. The van der Waals surface area contributed by atoms with Crippen LogP contribution in [-0.4, -0.2) is 21.7 Å². The first-order valence-electron chi connectivity index (χ1n) is 9.50. The maximum absolute atomic E-state index is 13.0. The standard InChI is InChI=1S/C24H12N2O6/c27-11-13-1-5-15(6-2-13)25-21(29)17-9-19-20(10-18(17)22(25)30)24(32)26(23(19)31)16-7-3-14(12-28)4-8-16/h1-12H. The lowest BCUT2D eigenvalue weighted by molar-refractivity contribution is 0.111. The van der Waals surface area contributed by atoms with E-state index >= 15 is 0 Å². The van der Waals surface area contributed by atoms with E-state index in [4.69, 9.17) is 0 Å². The molecule has 32 heavy (non-hydrogen) atoms. The monoisotopic (exact) mass is 424 g/mol. The van der Waals surface area contributed by atoms with E-state index in [0.717, 1.165) is 9.13 Å². The quantitative estimate of drug-likeness (QED) is 0.404. The van der Waals surface area contributed by atoms with Gasteiger partial charge in [0.25, 0.3) is 22.2 Å². The van der Waals surface area contributed by atoms with Crippen LogP contribution in [0.25, 0.3) is 32.9 Å². The van der Waals surface area contributed by atoms with Gasteiger partial charge in [-0.15, -0.1) is 0 Å². The van der Waals surface area contributed by atoms with Gasteiger partial charge in [0.05, 0.1) is 32.9 Å². The van der Waals surface area contributed by atoms with Crippen LogP contribution in [0.1, 0.15) is 20.7 Å². The average Bonchev–Trinajstić information content (AvgIpc) is 3.22. The highest BCUT2D eigenvalue weighted by Crippen LogP contribution is 2.17. The smallest absolute Gasteiger partial charge is 0.266 e. The molecule has 0 saturated heterocycles. The molecule has 2 aromatic heterocycles. The van der Waals surface area contributed by atoms with Crippen molar-refractivity contribution < 1.29 is 9.59 Å². The predicted molar refractivity (Wildman–Crippen MR) is 118 cm³/mol. The maximum Gasteiger partial charge on any atom is 0.266 e. The molecular formula is C24H12N2O6. The second-order valence-corrected chi connectivity index (χ2v) is 7.25. The average molecular weight is 424 g/mol. The Morgan fingerprint density at radius 2 is 0.750 bits per heavy atom. The number of fused-ring (bicyclic) bond motifs is 2. The van der Waals surface area contributed by atoms with Crippen molar-refractivity contribution in [2.75, 3.05) is 0 Å². The third-order valence-electron chi connectivity index (χ3n) is 5.47. The van der Waals surface area contributed by atoms with Gasteiger partial charge in [-0.25, -0.2) is 9.13 Å². The van der Waals surface area contributed by atoms with Crippen LogP contribution in [0.4, 0.5) is 0 Å². The molecule has 0 radical (unpaired) electrons. The van der Waals surface area contributed by atoms with Crippen molar-refractivity contribution in [1.29, 1.82) is 0 Å². The van der Waals surface area contributed by atoms with Crippen molar-refractivity contribution in [2.45, 2.75) is 0 Å². The molecule has 0 bridgehead atoms. The van der Waals surface area contributed by atoms with Crippen LogP contribution in [0.5, 0.6) is 0 Å². The number of rotatable bonds is 4. The van der Waals surface area contributed by atoms with E-state index in [0.29, 0.717) is 23.7 Å². The summed E-state index contributed by atoms with van der Waals surface area (Å²) in [6, 6.07) is 14.3. The van der Waals surface area contributed by atoms with Gasteiger partial charge in [0, 0.05) is 11.1 Å². The van der Waals surface area contributed by atoms with Crippen molar-refractivity contribution in [3.8, 4) is 11.4 Å². The number of hydrogen-bond acceptors (Lipinski definition) is 6. The molecular weight excluding hydrogens is 412 g/mol. The van der Waals surface area contributed by atoms with Crippen LogP contribution in [0, 0.1) is 0 Å². The molecule has 5 aromatic rings. The molecule has 0 spiro atoms. The maximum atomic E-state index is 13.0. The van der Waals surface area contributed by atoms with Crippen molar-refractivity contribution in [2.24, 2.45) is 0 Å². The molecule has 0 aliphatic heterocycles. The van der Waals surface area contributed by atoms with E-state index in [-0.39, 0.29) is 32.9 Å². The molecule has 0 aliphatic rings. The zero-order valence-electron chi connectivity index (χ0n) is 16.3. The zero-order valence-corrected chi connectivity index (χ0v) is 16.3. The van der Waals surface area contributed by atoms with Gasteiger partial charge in [0.2, 0.25) is 0 Å². The Morgan fingerprint density at radius 3 is 1.00 bits per heavy atom. The fraction of sp³-hybridized carbons (Fsp3) is 0. The highest BCUT2D eigenvalue weighted by Gasteiger charge is 2.20. The van der Waals surface area contributed by atoms with E-state index in [1.807, 2.05) is 0 Å². The summed E-state index contributed by atoms with van der Waals surface area (Å²) < 4.78 is 1.89. The van der Waals surface area contributed by atoms with Crippen molar-refractivity contribution in [3.63, 3.8) is 0 Å². The van der Waals surface area contributed by atoms with Crippen molar-refractivity contribution >= 4 is 34.1 Å². The van der Waals surface area contributed by atoms with E-state index < -0.39 is 22.2 Å². The molecule has 0 fully saturated rings. The van der Waals surface area contributed by atoms with Gasteiger partial charge in [0.15, 0.2) is 0 Å². The van der Waals surface area contributed by atoms with Gasteiger partial charge >= 0.3 is 0 Å². The number of aromatic nitrogens is 2. The Bertz CT molecular complexity index is 1560. The lowest BCUT2D eigenvalue weighted by Gasteiger charge is -2.00. The van der Waals surface area contributed by atoms with Gasteiger partial charge in [-0.1, -0.05) is 0 Å². The molecule has 8 nitrogen and oxygen atoms in total. The third kappa shape index (κ3) is 2.63. The molecule has 8 heteroatoms. The molecule has 0 amide bonds. The number of aldehydes is 2. The van der Waals surface area contributed by atoms with Crippen molar-refractivity contribution in [1.82, 2.24) is 9.13 Å². The van der Waals surface area contributed by atoms with Crippen molar-refractivity contribution in [3.05, 3.63) is 113 Å². The fourth-order valence-corrected chi connectivity index (χ4v) is 3.85. The van der Waals surface area contributed by atoms with Crippen LogP contribution >= 0.6 is 0 Å². The first-order chi connectivity index (χ1) is 15.4. The molecule has 3 aromatic carbocycles. The summed E-state index contributed by atoms with van der Waals surface area (Å²) in [6.07, 6.45) is 1.29. The normalized spacial score (nSPS) is 11.2. The van der Waals surface area contributed by atoms with E-state index in [9.17, 15) is 28.8 Å². The lowest BCUT2D eigenvalue weighted by Crippen LogP contribution is -2.24. The lowest BCUT2D eigenvalue weighted by atomic mass is 10.1. The van der Waals surface area contributed by atoms with Gasteiger partial charge in [0.1, 0.15) is 12.6 Å². The summed E-state index contributed by atoms with van der Waals surface area (Å²) in [6.45, 7) is 0.